The van der Waals surface area contributed by atoms with Gasteiger partial charge in [0.1, 0.15) is 0 Å². The molecule has 1 aliphatic rings. The van der Waals surface area contributed by atoms with Gasteiger partial charge in [-0.1, -0.05) is 103 Å². The van der Waals surface area contributed by atoms with E-state index in [1.807, 2.05) is 0 Å². The molecule has 0 saturated heterocycles. The van der Waals surface area contributed by atoms with E-state index in [0.29, 0.717) is 6.04 Å². The van der Waals surface area contributed by atoms with Gasteiger partial charge in [-0.25, -0.2) is 0 Å². The molecule has 0 N–H and O–H groups in total. The van der Waals surface area contributed by atoms with E-state index >= 15 is 0 Å². The summed E-state index contributed by atoms with van der Waals surface area (Å²) in [5, 5.41) is 2.85. The highest BCUT2D eigenvalue weighted by molar-refractivity contribution is 7.70. The van der Waals surface area contributed by atoms with Crippen LogP contribution in [0.2, 0.25) is 0 Å². The Morgan fingerprint density at radius 3 is 1.81 bits per heavy atom. The van der Waals surface area contributed by atoms with Crippen LogP contribution < -0.4 is 10.6 Å². The smallest absolute Gasteiger partial charge is 0.0391 e. The molecule has 0 aliphatic carbocycles. The minimum atomic E-state index is -0.533. The summed E-state index contributed by atoms with van der Waals surface area (Å²) in [5.74, 6) is 0. The molecule has 3 aromatic carbocycles. The normalized spacial score (nSPS) is 17.5. The Balaban J connectivity index is 1.70. The van der Waals surface area contributed by atoms with Crippen molar-refractivity contribution in [3.05, 3.63) is 108 Å². The zero-order chi connectivity index (χ0) is 17.8. The lowest BCUT2D eigenvalue weighted by Crippen LogP contribution is -2.35. The fourth-order valence-electron chi connectivity index (χ4n) is 3.64. The van der Waals surface area contributed by atoms with Crippen LogP contribution in [0, 0.1) is 0 Å². The number of nitrogens with zero attached hydrogens (tertiary/aromatic N) is 1. The van der Waals surface area contributed by atoms with Crippen molar-refractivity contribution in [3.63, 3.8) is 0 Å². The van der Waals surface area contributed by atoms with Crippen molar-refractivity contribution < 1.29 is 0 Å². The van der Waals surface area contributed by atoms with Crippen LogP contribution in [-0.2, 0) is 6.42 Å². The summed E-state index contributed by atoms with van der Waals surface area (Å²) in [6.45, 7) is 3.32. The number of benzene rings is 3. The molecule has 1 aliphatic heterocycles. The highest BCUT2D eigenvalue weighted by Gasteiger charge is 2.32. The number of rotatable bonds is 5. The molecule has 0 aromatic heterocycles. The van der Waals surface area contributed by atoms with E-state index < -0.39 is 8.07 Å². The lowest BCUT2D eigenvalue weighted by atomic mass is 10.0. The van der Waals surface area contributed by atoms with Crippen LogP contribution in [0.1, 0.15) is 12.5 Å². The second-order valence-electron chi connectivity index (χ2n) is 6.76. The highest BCUT2D eigenvalue weighted by atomic mass is 31.1. The van der Waals surface area contributed by atoms with E-state index in [4.69, 9.17) is 0 Å². The van der Waals surface area contributed by atoms with Crippen LogP contribution in [0.15, 0.2) is 103 Å². The molecule has 0 bridgehead atoms. The first-order chi connectivity index (χ1) is 12.8. The molecule has 0 fully saturated rings. The van der Waals surface area contributed by atoms with Crippen LogP contribution in [0.5, 0.6) is 0 Å². The Morgan fingerprint density at radius 2 is 1.27 bits per heavy atom. The van der Waals surface area contributed by atoms with Crippen molar-refractivity contribution in [1.82, 2.24) is 4.67 Å². The minimum absolute atomic E-state index is 0.462. The predicted molar refractivity (Wildman–Crippen MR) is 113 cm³/mol. The third-order valence-corrected chi connectivity index (χ3v) is 7.55. The van der Waals surface area contributed by atoms with Gasteiger partial charge in [-0.3, -0.25) is 4.67 Å². The standard InChI is InChI=1S/C24H24NP/c1-20-17-18-25(24(20)19-21-11-5-2-6-12-21)26(22-13-7-3-8-14-22)23-15-9-4-10-16-23/h2-17,24H,18-19H2,1H3/t24-/m0/s1. The molecule has 0 saturated carbocycles. The fraction of sp³-hybridized carbons (Fsp3) is 0.167. The average molecular weight is 357 g/mol. The molecule has 0 unspecified atom stereocenters. The van der Waals surface area contributed by atoms with Gasteiger partial charge >= 0.3 is 0 Å². The van der Waals surface area contributed by atoms with Gasteiger partial charge in [0.05, 0.1) is 0 Å². The molecule has 1 nitrogen and oxygen atoms in total. The Hall–Kier alpha value is -2.21. The van der Waals surface area contributed by atoms with E-state index in [-0.39, 0.29) is 0 Å². The molecule has 0 radical (unpaired) electrons. The Bertz CT molecular complexity index is 819. The molecular formula is C24H24NP. The Labute approximate surface area is 157 Å². The zero-order valence-electron chi connectivity index (χ0n) is 15.1. The van der Waals surface area contributed by atoms with Gasteiger partial charge in [-0.05, 0) is 29.5 Å². The van der Waals surface area contributed by atoms with Crippen LogP contribution in [0.3, 0.4) is 0 Å². The summed E-state index contributed by atoms with van der Waals surface area (Å²) in [7, 11) is -0.533. The molecule has 130 valence electrons. The van der Waals surface area contributed by atoms with Crippen molar-refractivity contribution in [2.24, 2.45) is 0 Å². The van der Waals surface area contributed by atoms with Crippen molar-refractivity contribution >= 4 is 18.7 Å². The minimum Gasteiger partial charge on any atom is -0.264 e. The molecule has 0 spiro atoms. The van der Waals surface area contributed by atoms with E-state index in [0.717, 1.165) is 13.0 Å². The molecule has 1 atom stereocenters. The highest BCUT2D eigenvalue weighted by Crippen LogP contribution is 2.44. The van der Waals surface area contributed by atoms with Crippen LogP contribution in [-0.4, -0.2) is 17.3 Å². The van der Waals surface area contributed by atoms with E-state index in [1.54, 1.807) is 0 Å². The van der Waals surface area contributed by atoms with Crippen molar-refractivity contribution in [2.45, 2.75) is 19.4 Å². The summed E-state index contributed by atoms with van der Waals surface area (Å²) in [6.07, 6.45) is 3.48. The molecular weight excluding hydrogens is 333 g/mol. The van der Waals surface area contributed by atoms with Crippen molar-refractivity contribution in [3.8, 4) is 0 Å². The Kier molecular flexibility index (Phi) is 5.29. The maximum Gasteiger partial charge on any atom is 0.0391 e. The molecule has 4 rings (SSSR count). The largest absolute Gasteiger partial charge is 0.264 e. The van der Waals surface area contributed by atoms with Crippen molar-refractivity contribution in [2.75, 3.05) is 6.54 Å². The molecule has 3 aromatic rings. The van der Waals surface area contributed by atoms with Crippen LogP contribution >= 0.6 is 8.07 Å². The molecule has 0 amide bonds. The summed E-state index contributed by atoms with van der Waals surface area (Å²) < 4.78 is 2.71. The summed E-state index contributed by atoms with van der Waals surface area (Å²) in [5.41, 5.74) is 2.90. The van der Waals surface area contributed by atoms with Crippen LogP contribution in [0.4, 0.5) is 0 Å². The van der Waals surface area contributed by atoms with Gasteiger partial charge in [-0.15, -0.1) is 0 Å². The SMILES string of the molecule is CC1=CCN(P(c2ccccc2)c2ccccc2)[C@H]1Cc1ccccc1. The average Bonchev–Trinajstić information content (AvgIpc) is 3.05. The van der Waals surface area contributed by atoms with Gasteiger partial charge in [-0.2, -0.15) is 0 Å². The first-order valence-corrected chi connectivity index (χ1v) is 10.5. The van der Waals surface area contributed by atoms with Gasteiger partial charge in [0.25, 0.3) is 0 Å². The van der Waals surface area contributed by atoms with E-state index in [2.05, 4.69) is 109 Å². The maximum absolute atomic E-state index is 2.71. The first kappa shape index (κ1) is 17.2. The lowest BCUT2D eigenvalue weighted by molar-refractivity contribution is 0.444. The summed E-state index contributed by atoms with van der Waals surface area (Å²) in [6, 6.07) is 33.3. The second kappa shape index (κ2) is 7.99. The zero-order valence-corrected chi connectivity index (χ0v) is 16.0. The molecule has 1 heterocycles. The fourth-order valence-corrected chi connectivity index (χ4v) is 6.23. The monoisotopic (exact) mass is 357 g/mol. The lowest BCUT2D eigenvalue weighted by Gasteiger charge is -2.35. The second-order valence-corrected chi connectivity index (χ2v) is 8.93. The van der Waals surface area contributed by atoms with Gasteiger partial charge in [0, 0.05) is 20.7 Å². The third-order valence-electron chi connectivity index (χ3n) is 5.02. The van der Waals surface area contributed by atoms with Gasteiger partial charge < -0.3 is 0 Å². The van der Waals surface area contributed by atoms with E-state index in [1.165, 1.54) is 21.7 Å². The predicted octanol–water partition coefficient (Wildman–Crippen LogP) is 4.91. The number of hydrogen-bond donors (Lipinski definition) is 0. The first-order valence-electron chi connectivity index (χ1n) is 9.20. The van der Waals surface area contributed by atoms with Gasteiger partial charge in [0.15, 0.2) is 0 Å². The Morgan fingerprint density at radius 1 is 0.769 bits per heavy atom. The summed E-state index contributed by atoms with van der Waals surface area (Å²) in [4.78, 5) is 0. The van der Waals surface area contributed by atoms with Crippen LogP contribution in [0.25, 0.3) is 0 Å². The summed E-state index contributed by atoms with van der Waals surface area (Å²) >= 11 is 0. The third kappa shape index (κ3) is 3.65. The molecule has 2 heteroatoms. The van der Waals surface area contributed by atoms with Crippen molar-refractivity contribution in [1.29, 1.82) is 0 Å². The molecule has 26 heavy (non-hydrogen) atoms. The topological polar surface area (TPSA) is 3.24 Å². The maximum atomic E-state index is 2.71. The van der Waals surface area contributed by atoms with E-state index in [9.17, 15) is 0 Å². The number of hydrogen-bond acceptors (Lipinski definition) is 1. The quantitative estimate of drug-likeness (QED) is 0.463. The van der Waals surface area contributed by atoms with Gasteiger partial charge in [0.2, 0.25) is 0 Å².